The molecule has 1 fully saturated rings. The van der Waals surface area contributed by atoms with Crippen molar-refractivity contribution in [3.8, 4) is 0 Å². The molecule has 1 aromatic carbocycles. The zero-order chi connectivity index (χ0) is 19.0. The average molecular weight is 447 g/mol. The van der Waals surface area contributed by atoms with Crippen LogP contribution >= 0.6 is 27.3 Å². The third-order valence-corrected chi connectivity index (χ3v) is 6.25. The van der Waals surface area contributed by atoms with Crippen molar-refractivity contribution in [2.45, 2.75) is 0 Å². The highest BCUT2D eigenvalue weighted by atomic mass is 79.9. The second-order valence-electron chi connectivity index (χ2n) is 6.14. The third-order valence-electron chi connectivity index (χ3n) is 4.59. The van der Waals surface area contributed by atoms with Crippen LogP contribution < -0.4 is 4.90 Å². The maximum Gasteiger partial charge on any atom is 0.324 e. The molecule has 1 aliphatic rings. The summed E-state index contributed by atoms with van der Waals surface area (Å²) in [6.45, 7) is 2.54. The molecule has 1 aliphatic heterocycles. The molecule has 0 aliphatic carbocycles. The van der Waals surface area contributed by atoms with Gasteiger partial charge in [-0.05, 0) is 34.1 Å². The number of nitro groups is 1. The van der Waals surface area contributed by atoms with Crippen molar-refractivity contribution < 1.29 is 9.72 Å². The lowest BCUT2D eigenvalue weighted by Gasteiger charge is -2.36. The van der Waals surface area contributed by atoms with Crippen LogP contribution in [0.1, 0.15) is 9.67 Å². The summed E-state index contributed by atoms with van der Waals surface area (Å²) in [6.07, 6.45) is 1.80. The van der Waals surface area contributed by atoms with E-state index in [1.165, 1.54) is 12.1 Å². The Bertz CT molecular complexity index is 1030. The molecule has 2 aromatic heterocycles. The van der Waals surface area contributed by atoms with Gasteiger partial charge in [-0.1, -0.05) is 23.5 Å². The fourth-order valence-electron chi connectivity index (χ4n) is 3.25. The minimum Gasteiger partial charge on any atom is -0.367 e. The normalized spacial score (nSPS) is 14.6. The van der Waals surface area contributed by atoms with Gasteiger partial charge in [-0.2, -0.15) is 0 Å². The molecular weight excluding hydrogens is 432 g/mol. The lowest BCUT2D eigenvalue weighted by atomic mass is 10.1. The molecule has 27 heavy (non-hydrogen) atoms. The van der Waals surface area contributed by atoms with Crippen molar-refractivity contribution in [3.63, 3.8) is 0 Å². The van der Waals surface area contributed by atoms with Crippen molar-refractivity contribution in [3.05, 3.63) is 62.1 Å². The standard InChI is InChI=1S/C18H15BrN4O3S/c19-13-3-1-2-12-14(6-7-20-17(12)13)21-8-10-22(11-9-21)18(24)15-4-5-16(27-15)23(25)26/h1-7H,8-11H2. The SMILES string of the molecule is O=C(c1ccc([N+](=O)[O-])s1)N1CCN(c2ccnc3c(Br)cccc23)CC1. The van der Waals surface area contributed by atoms with Gasteiger partial charge in [0.25, 0.3) is 5.91 Å². The number of rotatable bonds is 3. The Morgan fingerprint density at radius 2 is 1.93 bits per heavy atom. The monoisotopic (exact) mass is 446 g/mol. The summed E-state index contributed by atoms with van der Waals surface area (Å²) in [4.78, 5) is 31.8. The van der Waals surface area contributed by atoms with Crippen LogP contribution in [-0.4, -0.2) is 46.9 Å². The highest BCUT2D eigenvalue weighted by molar-refractivity contribution is 9.10. The molecule has 0 radical (unpaired) electrons. The number of pyridine rings is 1. The number of fused-ring (bicyclic) bond motifs is 1. The molecule has 1 amide bonds. The van der Waals surface area contributed by atoms with Crippen molar-refractivity contribution in [2.24, 2.45) is 0 Å². The first-order valence-corrected chi connectivity index (χ1v) is 9.97. The number of benzene rings is 1. The van der Waals surface area contributed by atoms with Gasteiger partial charge in [0.05, 0.1) is 15.3 Å². The first-order chi connectivity index (χ1) is 13.0. The second-order valence-corrected chi connectivity index (χ2v) is 8.06. The van der Waals surface area contributed by atoms with Crippen molar-refractivity contribution >= 4 is 54.8 Å². The van der Waals surface area contributed by atoms with Gasteiger partial charge < -0.3 is 9.80 Å². The van der Waals surface area contributed by atoms with Crippen LogP contribution in [0.3, 0.4) is 0 Å². The minimum absolute atomic E-state index is 0.00850. The smallest absolute Gasteiger partial charge is 0.324 e. The molecule has 9 heteroatoms. The predicted molar refractivity (Wildman–Crippen MR) is 109 cm³/mol. The lowest BCUT2D eigenvalue weighted by Crippen LogP contribution is -2.48. The highest BCUT2D eigenvalue weighted by Gasteiger charge is 2.25. The van der Waals surface area contributed by atoms with E-state index in [4.69, 9.17) is 0 Å². The Hall–Kier alpha value is -2.52. The highest BCUT2D eigenvalue weighted by Crippen LogP contribution is 2.31. The quantitative estimate of drug-likeness (QED) is 0.449. The maximum atomic E-state index is 12.6. The Morgan fingerprint density at radius 1 is 1.15 bits per heavy atom. The Labute approximate surface area is 167 Å². The number of amides is 1. The number of hydrogen-bond acceptors (Lipinski definition) is 6. The molecule has 0 saturated carbocycles. The number of para-hydroxylation sites is 1. The summed E-state index contributed by atoms with van der Waals surface area (Å²) in [5.74, 6) is -0.143. The van der Waals surface area contributed by atoms with Gasteiger partial charge in [-0.25, -0.2) is 0 Å². The average Bonchev–Trinajstić information content (AvgIpc) is 3.18. The second kappa shape index (κ2) is 7.24. The maximum absolute atomic E-state index is 12.6. The van der Waals surface area contributed by atoms with Crippen LogP contribution in [0.2, 0.25) is 0 Å². The van der Waals surface area contributed by atoms with Gasteiger partial charge in [0.1, 0.15) is 0 Å². The van der Waals surface area contributed by atoms with E-state index < -0.39 is 4.92 Å². The molecule has 0 atom stereocenters. The summed E-state index contributed by atoms with van der Waals surface area (Å²) >= 11 is 4.47. The summed E-state index contributed by atoms with van der Waals surface area (Å²) in [7, 11) is 0. The minimum atomic E-state index is -0.466. The van der Waals surface area contributed by atoms with Crippen molar-refractivity contribution in [1.82, 2.24) is 9.88 Å². The molecule has 1 saturated heterocycles. The number of piperazine rings is 1. The zero-order valence-corrected chi connectivity index (χ0v) is 16.6. The first-order valence-electron chi connectivity index (χ1n) is 8.36. The largest absolute Gasteiger partial charge is 0.367 e. The van der Waals surface area contributed by atoms with Crippen molar-refractivity contribution in [2.75, 3.05) is 31.1 Å². The number of halogens is 1. The summed E-state index contributed by atoms with van der Waals surface area (Å²) < 4.78 is 0.954. The van der Waals surface area contributed by atoms with E-state index >= 15 is 0 Å². The van der Waals surface area contributed by atoms with Gasteiger partial charge in [-0.3, -0.25) is 19.9 Å². The number of nitrogens with zero attached hydrogens (tertiary/aromatic N) is 4. The van der Waals surface area contributed by atoms with Crippen molar-refractivity contribution in [1.29, 1.82) is 0 Å². The zero-order valence-electron chi connectivity index (χ0n) is 14.2. The van der Waals surface area contributed by atoms with Gasteiger partial charge >= 0.3 is 5.00 Å². The molecule has 7 nitrogen and oxygen atoms in total. The topological polar surface area (TPSA) is 79.6 Å². The van der Waals surface area contributed by atoms with Gasteiger partial charge in [0.15, 0.2) is 0 Å². The van der Waals surface area contributed by atoms with Crippen LogP contribution in [-0.2, 0) is 0 Å². The molecule has 3 heterocycles. The number of hydrogen-bond donors (Lipinski definition) is 0. The van der Waals surface area contributed by atoms with E-state index in [1.807, 2.05) is 24.3 Å². The number of anilines is 1. The van der Waals surface area contributed by atoms with Crippen LogP contribution in [0.5, 0.6) is 0 Å². The molecule has 4 rings (SSSR count). The summed E-state index contributed by atoms with van der Waals surface area (Å²) in [5.41, 5.74) is 2.01. The number of carbonyl (C=O) groups excluding carboxylic acids is 1. The number of carbonyl (C=O) groups is 1. The van der Waals surface area contributed by atoms with Gasteiger partial charge in [-0.15, -0.1) is 0 Å². The first kappa shape index (κ1) is 17.9. The summed E-state index contributed by atoms with van der Waals surface area (Å²) in [5, 5.41) is 11.9. The molecule has 138 valence electrons. The lowest BCUT2D eigenvalue weighted by molar-refractivity contribution is -0.380. The predicted octanol–water partition coefficient (Wildman–Crippen LogP) is 3.93. The third kappa shape index (κ3) is 3.40. The van der Waals surface area contributed by atoms with Gasteiger partial charge in [0, 0.05) is 54.0 Å². The van der Waals surface area contributed by atoms with E-state index in [-0.39, 0.29) is 10.9 Å². The molecule has 0 bridgehead atoms. The van der Waals surface area contributed by atoms with Crippen LogP contribution in [0, 0.1) is 10.1 Å². The molecule has 0 unspecified atom stereocenters. The Morgan fingerprint density at radius 3 is 2.63 bits per heavy atom. The van der Waals surface area contributed by atoms with Crippen LogP contribution in [0.15, 0.2) is 47.1 Å². The van der Waals surface area contributed by atoms with Crippen LogP contribution in [0.4, 0.5) is 10.7 Å². The van der Waals surface area contributed by atoms with E-state index in [9.17, 15) is 14.9 Å². The van der Waals surface area contributed by atoms with E-state index in [0.717, 1.165) is 32.4 Å². The fraction of sp³-hybridized carbons (Fsp3) is 0.222. The number of aromatic nitrogens is 1. The van der Waals surface area contributed by atoms with E-state index in [1.54, 1.807) is 11.1 Å². The summed E-state index contributed by atoms with van der Waals surface area (Å²) in [6, 6.07) is 10.9. The number of thiophene rings is 1. The fourth-order valence-corrected chi connectivity index (χ4v) is 4.51. The van der Waals surface area contributed by atoms with Gasteiger partial charge in [0.2, 0.25) is 0 Å². The van der Waals surface area contributed by atoms with E-state index in [0.29, 0.717) is 31.1 Å². The Kier molecular flexibility index (Phi) is 4.79. The van der Waals surface area contributed by atoms with Crippen LogP contribution in [0.25, 0.3) is 10.9 Å². The Balaban J connectivity index is 1.50. The molecule has 0 N–H and O–H groups in total. The molecule has 3 aromatic rings. The molecular formula is C18H15BrN4O3S. The van der Waals surface area contributed by atoms with E-state index in [2.05, 4.69) is 25.8 Å². The molecule has 0 spiro atoms.